The van der Waals surface area contributed by atoms with E-state index in [1.165, 1.54) is 44.9 Å². The Labute approximate surface area is 153 Å². The minimum atomic E-state index is -0.826. The summed E-state index contributed by atoms with van der Waals surface area (Å²) in [6.45, 7) is 7.03. The fraction of sp³-hybridized carbons (Fsp3) is 0.875. The molecule has 0 nitrogen and oxygen atoms in total. The van der Waals surface area contributed by atoms with Crippen LogP contribution >= 0.6 is 17.0 Å². The van der Waals surface area contributed by atoms with Gasteiger partial charge in [0.1, 0.15) is 0 Å². The van der Waals surface area contributed by atoms with Crippen LogP contribution in [0.3, 0.4) is 0 Å². The van der Waals surface area contributed by atoms with E-state index in [2.05, 4.69) is 45.1 Å². The number of hydrogen-bond acceptors (Lipinski definition) is 0. The fourth-order valence-electron chi connectivity index (χ4n) is 2.26. The van der Waals surface area contributed by atoms with Gasteiger partial charge >= 0.3 is 64.8 Å². The van der Waals surface area contributed by atoms with Crippen molar-refractivity contribution in [2.45, 2.75) is 77.2 Å². The molecule has 0 bridgehead atoms. The van der Waals surface area contributed by atoms with Gasteiger partial charge in [0.25, 0.3) is 0 Å². The molecule has 0 spiro atoms. The topological polar surface area (TPSA) is 0 Å². The SMILES string of the molecule is CC(C)(C)C1C[CH-]CC1.[CH-]1CCCC1.[CH3][Ge][CH3].[Cl][Zr+2][Cl]. The van der Waals surface area contributed by atoms with E-state index in [1.54, 1.807) is 0 Å². The third-order valence-corrected chi connectivity index (χ3v) is 3.46. The summed E-state index contributed by atoms with van der Waals surface area (Å²) >= 11 is -0.326. The van der Waals surface area contributed by atoms with Gasteiger partial charge < -0.3 is 12.8 Å². The van der Waals surface area contributed by atoms with Gasteiger partial charge in [-0.25, -0.2) is 0 Å². The Kier molecular flexibility index (Phi) is 21.1. The van der Waals surface area contributed by atoms with Crippen LogP contribution in [0.4, 0.5) is 0 Å². The Morgan fingerprint density at radius 2 is 1.45 bits per heavy atom. The van der Waals surface area contributed by atoms with Gasteiger partial charge in [-0.05, 0) is 5.41 Å². The van der Waals surface area contributed by atoms with Gasteiger partial charge in [-0.2, -0.15) is 25.7 Å². The average molecular weight is 459 g/mol. The Bertz CT molecular complexity index is 164. The summed E-state index contributed by atoms with van der Waals surface area (Å²) in [5, 5.41) is 0. The van der Waals surface area contributed by atoms with Crippen molar-refractivity contribution in [1.29, 1.82) is 0 Å². The third kappa shape index (κ3) is 18.1. The van der Waals surface area contributed by atoms with Gasteiger partial charge in [0.05, 0.1) is 0 Å². The third-order valence-electron chi connectivity index (χ3n) is 3.46. The zero-order valence-electron chi connectivity index (χ0n) is 13.9. The van der Waals surface area contributed by atoms with E-state index in [0.29, 0.717) is 20.8 Å². The van der Waals surface area contributed by atoms with E-state index in [-0.39, 0.29) is 0 Å². The van der Waals surface area contributed by atoms with Crippen molar-refractivity contribution in [3.05, 3.63) is 12.8 Å². The molecule has 0 aromatic rings. The zero-order chi connectivity index (χ0) is 15.9. The van der Waals surface area contributed by atoms with Crippen molar-refractivity contribution in [3.8, 4) is 0 Å². The average Bonchev–Trinajstić information content (AvgIpc) is 3.08. The predicted octanol–water partition coefficient (Wildman–Crippen LogP) is 6.96. The first kappa shape index (κ1) is 24.3. The second kappa shape index (κ2) is 17.4. The van der Waals surface area contributed by atoms with Crippen LogP contribution in [0.2, 0.25) is 11.5 Å². The molecule has 0 aromatic heterocycles. The van der Waals surface area contributed by atoms with Crippen LogP contribution in [-0.2, 0) is 20.8 Å². The summed E-state index contributed by atoms with van der Waals surface area (Å²) in [6, 6.07) is 0. The van der Waals surface area contributed by atoms with Crippen molar-refractivity contribution in [2.75, 3.05) is 0 Å². The molecule has 118 valence electrons. The molecule has 1 atom stereocenters. The van der Waals surface area contributed by atoms with E-state index >= 15 is 0 Å². The summed E-state index contributed by atoms with van der Waals surface area (Å²) in [5.74, 6) is 5.46. The Morgan fingerprint density at radius 3 is 1.60 bits per heavy atom. The Morgan fingerprint density at radius 1 is 1.00 bits per heavy atom. The molecule has 2 saturated carbocycles. The summed E-state index contributed by atoms with van der Waals surface area (Å²) in [7, 11) is 9.87. The van der Waals surface area contributed by atoms with E-state index in [0.717, 1.165) is 5.92 Å². The number of halogens is 2. The van der Waals surface area contributed by atoms with Crippen LogP contribution in [0, 0.1) is 24.2 Å². The second-order valence-electron chi connectivity index (χ2n) is 6.31. The first-order valence-corrected chi connectivity index (χ1v) is 18.1. The summed E-state index contributed by atoms with van der Waals surface area (Å²) in [4.78, 5) is 0. The van der Waals surface area contributed by atoms with Crippen LogP contribution in [0.25, 0.3) is 0 Å². The summed E-state index contributed by atoms with van der Waals surface area (Å²) in [6.07, 6.45) is 14.5. The molecule has 0 aromatic carbocycles. The van der Waals surface area contributed by atoms with Crippen molar-refractivity contribution in [3.63, 3.8) is 0 Å². The molecule has 0 heterocycles. The molecule has 0 N–H and O–H groups in total. The molecule has 2 radical (unpaired) electrons. The monoisotopic (exact) mass is 458 g/mol. The zero-order valence-corrected chi connectivity index (χ0v) is 20.0. The van der Waals surface area contributed by atoms with E-state index < -0.39 is 20.8 Å². The molecular weight excluding hydrogens is 427 g/mol. The van der Waals surface area contributed by atoms with Crippen LogP contribution in [0.5, 0.6) is 0 Å². The van der Waals surface area contributed by atoms with Gasteiger partial charge in [-0.3, -0.25) is 0 Å². The quantitative estimate of drug-likeness (QED) is 0.271. The molecule has 0 aliphatic heterocycles. The van der Waals surface area contributed by atoms with Gasteiger partial charge in [0.2, 0.25) is 0 Å². The van der Waals surface area contributed by atoms with E-state index in [9.17, 15) is 0 Å². The Balaban J connectivity index is 0. The maximum absolute atomic E-state index is 4.93. The van der Waals surface area contributed by atoms with Gasteiger partial charge in [-0.1, -0.05) is 46.0 Å². The van der Waals surface area contributed by atoms with Gasteiger partial charge in [0.15, 0.2) is 0 Å². The molecule has 0 saturated heterocycles. The first-order valence-electron chi connectivity index (χ1n) is 7.62. The van der Waals surface area contributed by atoms with Crippen molar-refractivity contribution in [2.24, 2.45) is 11.3 Å². The van der Waals surface area contributed by atoms with Crippen molar-refractivity contribution in [1.82, 2.24) is 0 Å². The van der Waals surface area contributed by atoms with E-state index in [4.69, 9.17) is 17.0 Å². The maximum atomic E-state index is 4.93. The standard InChI is InChI=1S/C9H17.C5H9.C2H6Ge.2ClH.Zr/c1-9(2,3)8-6-4-5-7-8;1-2-4-5-3-1;1-3-2;;;/h4,8H,5-7H2,1-3H3;1H,2-5H2;1-2H3;2*1H;/q2*-1;;;;+4/p-2. The first-order chi connectivity index (χ1) is 9.43. The fourth-order valence-corrected chi connectivity index (χ4v) is 2.26. The molecule has 4 heteroatoms. The van der Waals surface area contributed by atoms with Crippen LogP contribution < -0.4 is 0 Å². The molecule has 2 fully saturated rings. The molecule has 20 heavy (non-hydrogen) atoms. The second-order valence-corrected chi connectivity index (χ2v) is 12.1. The Hall–Kier alpha value is 2.01. The minimum absolute atomic E-state index is 0.500. The number of hydrogen-bond donors (Lipinski definition) is 0. The molecule has 0 amide bonds. The van der Waals surface area contributed by atoms with Crippen molar-refractivity contribution >= 4 is 32.5 Å². The van der Waals surface area contributed by atoms with E-state index in [1.807, 2.05) is 0 Å². The van der Waals surface area contributed by atoms with Crippen LogP contribution in [0.1, 0.15) is 65.7 Å². The van der Waals surface area contributed by atoms with Crippen molar-refractivity contribution < 1.29 is 20.8 Å². The number of rotatable bonds is 0. The predicted molar refractivity (Wildman–Crippen MR) is 93.1 cm³/mol. The van der Waals surface area contributed by atoms with Crippen LogP contribution in [0.15, 0.2) is 0 Å². The van der Waals surface area contributed by atoms with Gasteiger partial charge in [0, 0.05) is 0 Å². The summed E-state index contributed by atoms with van der Waals surface area (Å²) in [5.41, 5.74) is 0.549. The van der Waals surface area contributed by atoms with Gasteiger partial charge in [-0.15, -0.1) is 0 Å². The molecule has 2 rings (SSSR count). The molecule has 2 aliphatic carbocycles. The molecular formula is C16H32Cl2GeZr. The summed E-state index contributed by atoms with van der Waals surface area (Å²) < 4.78 is 0. The normalized spacial score (nSPS) is 20.4. The molecule has 1 unspecified atom stereocenters. The van der Waals surface area contributed by atoms with Crippen LogP contribution in [-0.4, -0.2) is 15.4 Å². The molecule has 2 aliphatic rings.